The molecule has 0 amide bonds. The fraction of sp³-hybridized carbons (Fsp3) is 0.200. The molecule has 0 bridgehead atoms. The lowest BCUT2D eigenvalue weighted by atomic mass is 10.1. The Morgan fingerprint density at radius 2 is 1.65 bits per heavy atom. The number of hydrogen-bond donors (Lipinski definition) is 1. The molecule has 0 aliphatic heterocycles. The molecule has 0 atom stereocenters. The van der Waals surface area contributed by atoms with E-state index in [9.17, 15) is 22.8 Å². The summed E-state index contributed by atoms with van der Waals surface area (Å²) < 4.78 is 43.1. The average Bonchev–Trinajstić information content (AvgIpc) is 2.14. The van der Waals surface area contributed by atoms with Gasteiger partial charge in [0.15, 0.2) is 5.78 Å². The van der Waals surface area contributed by atoms with Gasteiger partial charge in [0, 0.05) is 12.1 Å². The maximum absolute atomic E-state index is 13.1. The molecule has 0 spiro atoms. The molecule has 0 aliphatic rings. The normalized spacial score (nSPS) is 10.3. The highest BCUT2D eigenvalue weighted by atomic mass is 19.1. The topological polar surface area (TPSA) is 63.6 Å². The summed E-state index contributed by atoms with van der Waals surface area (Å²) in [4.78, 5) is 21.3. The van der Waals surface area contributed by atoms with Gasteiger partial charge in [-0.1, -0.05) is 0 Å². The van der Waals surface area contributed by atoms with Crippen LogP contribution in [0.4, 0.5) is 13.2 Å². The smallest absolute Gasteiger partial charge is 0.329 e. The number of hydrogen-bond acceptors (Lipinski definition) is 3. The van der Waals surface area contributed by atoms with Gasteiger partial charge >= 0.3 is 5.97 Å². The number of benzene rings is 1. The summed E-state index contributed by atoms with van der Waals surface area (Å²) in [5, 5.41) is 8.21. The predicted molar refractivity (Wildman–Crippen MR) is 49.1 cm³/mol. The lowest BCUT2D eigenvalue weighted by Crippen LogP contribution is -2.17. The number of carboxylic acids is 1. The van der Waals surface area contributed by atoms with Crippen molar-refractivity contribution in [3.8, 4) is 0 Å². The lowest BCUT2D eigenvalue weighted by Gasteiger charge is -2.04. The van der Waals surface area contributed by atoms with E-state index in [2.05, 4.69) is 4.74 Å². The number of aliphatic carboxylic acids is 1. The number of carboxylic acid groups (broad SMARTS) is 1. The van der Waals surface area contributed by atoms with E-state index in [1.807, 2.05) is 0 Å². The van der Waals surface area contributed by atoms with Gasteiger partial charge in [0.2, 0.25) is 0 Å². The molecule has 0 saturated heterocycles. The van der Waals surface area contributed by atoms with Crippen LogP contribution >= 0.6 is 0 Å². The van der Waals surface area contributed by atoms with E-state index in [1.54, 1.807) is 0 Å². The predicted octanol–water partition coefficient (Wildman–Crippen LogP) is 1.39. The number of carbonyl (C=O) groups is 2. The van der Waals surface area contributed by atoms with E-state index in [0.29, 0.717) is 12.1 Å². The number of ether oxygens (including phenoxy) is 1. The molecule has 92 valence electrons. The van der Waals surface area contributed by atoms with E-state index in [1.165, 1.54) is 0 Å². The highest BCUT2D eigenvalue weighted by Gasteiger charge is 2.19. The molecule has 1 aromatic rings. The molecule has 1 rings (SSSR count). The third-order valence-electron chi connectivity index (χ3n) is 1.74. The zero-order valence-corrected chi connectivity index (χ0v) is 8.37. The van der Waals surface area contributed by atoms with Crippen molar-refractivity contribution in [1.82, 2.24) is 0 Å². The second kappa shape index (κ2) is 5.44. The Morgan fingerprint density at radius 3 is 2.12 bits per heavy atom. The average molecular weight is 248 g/mol. The van der Waals surface area contributed by atoms with Crippen LogP contribution in [0, 0.1) is 17.5 Å². The summed E-state index contributed by atoms with van der Waals surface area (Å²) >= 11 is 0. The molecular weight excluding hydrogens is 241 g/mol. The van der Waals surface area contributed by atoms with Crippen LogP contribution in [0.5, 0.6) is 0 Å². The molecule has 7 heteroatoms. The largest absolute Gasteiger partial charge is 0.480 e. The molecule has 1 N–H and O–H groups in total. The minimum atomic E-state index is -1.36. The third-order valence-corrected chi connectivity index (χ3v) is 1.74. The molecule has 0 fully saturated rings. The van der Waals surface area contributed by atoms with Crippen LogP contribution in [0.25, 0.3) is 0 Å². The minimum Gasteiger partial charge on any atom is -0.480 e. The van der Waals surface area contributed by atoms with Gasteiger partial charge in [0.25, 0.3) is 0 Å². The van der Waals surface area contributed by atoms with E-state index in [0.717, 1.165) is 0 Å². The summed E-state index contributed by atoms with van der Waals surface area (Å²) in [5.41, 5.74) is -0.947. The molecule has 1 aromatic carbocycles. The highest BCUT2D eigenvalue weighted by molar-refractivity contribution is 5.97. The second-order valence-corrected chi connectivity index (χ2v) is 3.05. The van der Waals surface area contributed by atoms with Gasteiger partial charge in [-0.05, 0) is 0 Å². The van der Waals surface area contributed by atoms with E-state index < -0.39 is 48.0 Å². The fourth-order valence-corrected chi connectivity index (χ4v) is 1.11. The number of rotatable bonds is 5. The van der Waals surface area contributed by atoms with Crippen LogP contribution in [0.1, 0.15) is 10.4 Å². The summed E-state index contributed by atoms with van der Waals surface area (Å²) in [6, 6.07) is 0.709. The van der Waals surface area contributed by atoms with Crippen molar-refractivity contribution in [3.05, 3.63) is 35.1 Å². The molecule has 0 heterocycles. The molecular formula is C10H7F3O4. The standard InChI is InChI=1S/C10H7F3O4/c11-5-1-6(12)10(7(13)2-5)8(14)3-17-4-9(15)16/h1-2H,3-4H2,(H,15,16). The quantitative estimate of drug-likeness (QED) is 0.800. The second-order valence-electron chi connectivity index (χ2n) is 3.05. The molecule has 0 saturated carbocycles. The van der Waals surface area contributed by atoms with Crippen LogP contribution < -0.4 is 0 Å². The first-order valence-electron chi connectivity index (χ1n) is 4.39. The van der Waals surface area contributed by atoms with Gasteiger partial charge in [-0.15, -0.1) is 0 Å². The first-order chi connectivity index (χ1) is 7.91. The van der Waals surface area contributed by atoms with Crippen molar-refractivity contribution < 1.29 is 32.6 Å². The van der Waals surface area contributed by atoms with Gasteiger partial charge in [-0.3, -0.25) is 4.79 Å². The van der Waals surface area contributed by atoms with Crippen molar-refractivity contribution in [1.29, 1.82) is 0 Å². The van der Waals surface area contributed by atoms with Gasteiger partial charge in [-0.25, -0.2) is 18.0 Å². The van der Waals surface area contributed by atoms with Gasteiger partial charge in [-0.2, -0.15) is 0 Å². The van der Waals surface area contributed by atoms with Crippen molar-refractivity contribution in [2.45, 2.75) is 0 Å². The monoisotopic (exact) mass is 248 g/mol. The fourth-order valence-electron chi connectivity index (χ4n) is 1.11. The summed E-state index contributed by atoms with van der Waals surface area (Å²) in [6.45, 7) is -1.57. The van der Waals surface area contributed by atoms with E-state index in [-0.39, 0.29) is 0 Å². The van der Waals surface area contributed by atoms with Crippen LogP contribution in [-0.4, -0.2) is 30.1 Å². The summed E-state index contributed by atoms with van der Waals surface area (Å²) in [5.74, 6) is -6.28. The van der Waals surface area contributed by atoms with Crippen LogP contribution in [0.3, 0.4) is 0 Å². The van der Waals surface area contributed by atoms with Crippen LogP contribution in [-0.2, 0) is 9.53 Å². The Morgan fingerprint density at radius 1 is 1.12 bits per heavy atom. The van der Waals surface area contributed by atoms with E-state index >= 15 is 0 Å². The van der Waals surface area contributed by atoms with Crippen molar-refractivity contribution >= 4 is 11.8 Å². The number of halogens is 3. The van der Waals surface area contributed by atoms with Crippen LogP contribution in [0.2, 0.25) is 0 Å². The molecule has 0 aromatic heterocycles. The van der Waals surface area contributed by atoms with Crippen molar-refractivity contribution in [3.63, 3.8) is 0 Å². The van der Waals surface area contributed by atoms with Gasteiger partial charge in [0.1, 0.15) is 30.7 Å². The molecule has 17 heavy (non-hydrogen) atoms. The first kappa shape index (κ1) is 13.2. The van der Waals surface area contributed by atoms with Crippen molar-refractivity contribution in [2.24, 2.45) is 0 Å². The Balaban J connectivity index is 2.79. The Hall–Kier alpha value is -1.89. The summed E-state index contributed by atoms with van der Waals surface area (Å²) in [6.07, 6.45) is 0. The number of carbonyl (C=O) groups excluding carboxylic acids is 1. The Labute approximate surface area is 93.6 Å². The molecule has 0 aliphatic carbocycles. The minimum absolute atomic E-state index is 0.355. The SMILES string of the molecule is O=C(O)COCC(=O)c1c(F)cc(F)cc1F. The zero-order chi connectivity index (χ0) is 13.0. The van der Waals surface area contributed by atoms with Gasteiger partial charge in [0.05, 0.1) is 5.56 Å². The van der Waals surface area contributed by atoms with Gasteiger partial charge < -0.3 is 9.84 Å². The van der Waals surface area contributed by atoms with Crippen LogP contribution in [0.15, 0.2) is 12.1 Å². The zero-order valence-electron chi connectivity index (χ0n) is 8.37. The Kier molecular flexibility index (Phi) is 4.22. The molecule has 0 unspecified atom stereocenters. The maximum Gasteiger partial charge on any atom is 0.329 e. The molecule has 4 nitrogen and oxygen atoms in total. The maximum atomic E-state index is 13.1. The summed E-state index contributed by atoms with van der Waals surface area (Å²) in [7, 11) is 0. The Bertz CT molecular complexity index is 436. The number of ketones is 1. The van der Waals surface area contributed by atoms with Crippen molar-refractivity contribution in [2.75, 3.05) is 13.2 Å². The lowest BCUT2D eigenvalue weighted by molar-refractivity contribution is -0.141. The third kappa shape index (κ3) is 3.56. The van der Waals surface area contributed by atoms with E-state index in [4.69, 9.17) is 5.11 Å². The first-order valence-corrected chi connectivity index (χ1v) is 4.39. The molecule has 0 radical (unpaired) electrons. The highest BCUT2D eigenvalue weighted by Crippen LogP contribution is 2.15. The number of Topliss-reactive ketones (excluding diaryl/α,β-unsaturated/α-hetero) is 1.